The number of nitrogens with two attached hydrogens (primary N) is 1. The van der Waals surface area contributed by atoms with Gasteiger partial charge < -0.3 is 10.5 Å². The van der Waals surface area contributed by atoms with Crippen LogP contribution in [0.2, 0.25) is 0 Å². The van der Waals surface area contributed by atoms with Crippen molar-refractivity contribution >= 4 is 23.4 Å². The van der Waals surface area contributed by atoms with Gasteiger partial charge in [-0.1, -0.05) is 11.8 Å². The van der Waals surface area contributed by atoms with Crippen LogP contribution in [0.1, 0.15) is 17.3 Å². The standard InChI is InChI=1S/C11H12N4O2S/c1-2-17-10(16)8-5-7(3-4-9(8)12)18-11-13-6-14-15-11/h3-6H,2,12H2,1H3,(H,13,14,15). The zero-order valence-corrected chi connectivity index (χ0v) is 10.5. The number of nitrogen functional groups attached to an aromatic ring is 1. The summed E-state index contributed by atoms with van der Waals surface area (Å²) < 4.78 is 4.93. The maximum atomic E-state index is 11.7. The molecule has 6 nitrogen and oxygen atoms in total. The van der Waals surface area contributed by atoms with Crippen molar-refractivity contribution in [1.29, 1.82) is 0 Å². The van der Waals surface area contributed by atoms with Crippen LogP contribution in [-0.2, 0) is 4.74 Å². The van der Waals surface area contributed by atoms with Gasteiger partial charge in [0.25, 0.3) is 0 Å². The first kappa shape index (κ1) is 12.4. The molecule has 1 heterocycles. The lowest BCUT2D eigenvalue weighted by Gasteiger charge is -2.06. The lowest BCUT2D eigenvalue weighted by molar-refractivity contribution is 0.0527. The van der Waals surface area contributed by atoms with Gasteiger partial charge in [0, 0.05) is 10.6 Å². The Morgan fingerprint density at radius 1 is 1.56 bits per heavy atom. The van der Waals surface area contributed by atoms with E-state index in [1.165, 1.54) is 18.1 Å². The van der Waals surface area contributed by atoms with Crippen LogP contribution in [0.4, 0.5) is 5.69 Å². The Morgan fingerprint density at radius 3 is 3.06 bits per heavy atom. The Hall–Kier alpha value is -2.02. The maximum Gasteiger partial charge on any atom is 0.340 e. The lowest BCUT2D eigenvalue weighted by atomic mass is 10.2. The van der Waals surface area contributed by atoms with E-state index in [1.54, 1.807) is 19.1 Å². The van der Waals surface area contributed by atoms with Crippen molar-refractivity contribution in [2.75, 3.05) is 12.3 Å². The number of hydrogen-bond acceptors (Lipinski definition) is 6. The Morgan fingerprint density at radius 2 is 2.39 bits per heavy atom. The molecule has 0 atom stereocenters. The second-order valence-corrected chi connectivity index (χ2v) is 4.42. The number of aromatic nitrogens is 3. The zero-order valence-electron chi connectivity index (χ0n) is 9.71. The van der Waals surface area contributed by atoms with Gasteiger partial charge in [0.1, 0.15) is 6.33 Å². The third kappa shape index (κ3) is 2.80. The van der Waals surface area contributed by atoms with Gasteiger partial charge in [-0.15, -0.1) is 0 Å². The van der Waals surface area contributed by atoms with Crippen molar-refractivity contribution < 1.29 is 9.53 Å². The molecule has 0 radical (unpaired) electrons. The molecule has 1 aromatic heterocycles. The van der Waals surface area contributed by atoms with Crippen molar-refractivity contribution in [2.24, 2.45) is 0 Å². The fourth-order valence-electron chi connectivity index (χ4n) is 1.34. The minimum Gasteiger partial charge on any atom is -0.462 e. The molecule has 0 unspecified atom stereocenters. The first-order valence-corrected chi connectivity index (χ1v) is 6.12. The van der Waals surface area contributed by atoms with E-state index in [2.05, 4.69) is 15.2 Å². The van der Waals surface area contributed by atoms with Gasteiger partial charge >= 0.3 is 5.97 Å². The number of carbonyl (C=O) groups is 1. The largest absolute Gasteiger partial charge is 0.462 e. The molecule has 0 bridgehead atoms. The highest BCUT2D eigenvalue weighted by Crippen LogP contribution is 2.27. The van der Waals surface area contributed by atoms with Gasteiger partial charge in [-0.05, 0) is 25.1 Å². The predicted molar refractivity (Wildman–Crippen MR) is 67.3 cm³/mol. The summed E-state index contributed by atoms with van der Waals surface area (Å²) in [4.78, 5) is 16.5. The highest BCUT2D eigenvalue weighted by Gasteiger charge is 2.12. The molecule has 0 saturated heterocycles. The number of aromatic amines is 1. The number of rotatable bonds is 4. The Balaban J connectivity index is 2.23. The predicted octanol–water partition coefficient (Wildman–Crippen LogP) is 1.71. The molecule has 2 aromatic rings. The number of hydrogen-bond donors (Lipinski definition) is 2. The second-order valence-electron chi connectivity index (χ2n) is 3.36. The summed E-state index contributed by atoms with van der Waals surface area (Å²) in [6.45, 7) is 2.07. The van der Waals surface area contributed by atoms with E-state index in [4.69, 9.17) is 10.5 Å². The molecule has 0 aliphatic heterocycles. The van der Waals surface area contributed by atoms with Gasteiger partial charge in [-0.2, -0.15) is 5.10 Å². The van der Waals surface area contributed by atoms with Crippen LogP contribution in [0, 0.1) is 0 Å². The molecule has 3 N–H and O–H groups in total. The molecule has 2 rings (SSSR count). The van der Waals surface area contributed by atoms with Gasteiger partial charge in [-0.25, -0.2) is 9.78 Å². The van der Waals surface area contributed by atoms with E-state index in [-0.39, 0.29) is 0 Å². The average Bonchev–Trinajstić information content (AvgIpc) is 2.84. The van der Waals surface area contributed by atoms with Crippen molar-refractivity contribution in [3.63, 3.8) is 0 Å². The minimum absolute atomic E-state index is 0.317. The summed E-state index contributed by atoms with van der Waals surface area (Å²) in [5.74, 6) is -0.421. The van der Waals surface area contributed by atoms with E-state index < -0.39 is 5.97 Å². The van der Waals surface area contributed by atoms with Crippen molar-refractivity contribution in [2.45, 2.75) is 17.0 Å². The molecule has 0 fully saturated rings. The van der Waals surface area contributed by atoms with Crippen molar-refractivity contribution in [3.05, 3.63) is 30.1 Å². The number of carbonyl (C=O) groups excluding carboxylic acids is 1. The van der Waals surface area contributed by atoms with Gasteiger partial charge in [0.2, 0.25) is 0 Å². The highest BCUT2D eigenvalue weighted by atomic mass is 32.2. The summed E-state index contributed by atoms with van der Waals surface area (Å²) in [7, 11) is 0. The summed E-state index contributed by atoms with van der Waals surface area (Å²) in [6.07, 6.45) is 1.42. The molecule has 0 amide bonds. The molecule has 1 aromatic carbocycles. The summed E-state index contributed by atoms with van der Waals surface area (Å²) in [6, 6.07) is 5.16. The van der Waals surface area contributed by atoms with Crippen LogP contribution in [0.3, 0.4) is 0 Å². The van der Waals surface area contributed by atoms with Gasteiger partial charge in [-0.3, -0.25) is 5.10 Å². The first-order chi connectivity index (χ1) is 8.70. The second kappa shape index (κ2) is 5.54. The van der Waals surface area contributed by atoms with E-state index in [0.717, 1.165) is 4.90 Å². The van der Waals surface area contributed by atoms with Crippen molar-refractivity contribution in [3.8, 4) is 0 Å². The number of nitrogens with zero attached hydrogens (tertiary/aromatic N) is 2. The van der Waals surface area contributed by atoms with Crippen LogP contribution in [0.5, 0.6) is 0 Å². The van der Waals surface area contributed by atoms with Crippen LogP contribution in [-0.4, -0.2) is 27.8 Å². The fraction of sp³-hybridized carbons (Fsp3) is 0.182. The van der Waals surface area contributed by atoms with Gasteiger partial charge in [0.05, 0.1) is 12.2 Å². The molecule has 0 saturated carbocycles. The molecule has 0 aliphatic carbocycles. The number of esters is 1. The van der Waals surface area contributed by atoms with Crippen LogP contribution in [0.15, 0.2) is 34.6 Å². The number of ether oxygens (including phenoxy) is 1. The molecule has 0 spiro atoms. The van der Waals surface area contributed by atoms with Gasteiger partial charge in [0.15, 0.2) is 5.16 Å². The SMILES string of the molecule is CCOC(=O)c1cc(Sc2ncn[nH]2)ccc1N. The highest BCUT2D eigenvalue weighted by molar-refractivity contribution is 7.99. The normalized spacial score (nSPS) is 10.3. The topological polar surface area (TPSA) is 93.9 Å². The van der Waals surface area contributed by atoms with Crippen LogP contribution >= 0.6 is 11.8 Å². The first-order valence-electron chi connectivity index (χ1n) is 5.30. The van der Waals surface area contributed by atoms with E-state index >= 15 is 0 Å². The zero-order chi connectivity index (χ0) is 13.0. The number of anilines is 1. The number of nitrogens with one attached hydrogen (secondary N) is 1. The monoisotopic (exact) mass is 264 g/mol. The molecule has 7 heteroatoms. The Bertz CT molecular complexity index is 542. The minimum atomic E-state index is -0.421. The maximum absolute atomic E-state index is 11.7. The third-order valence-electron chi connectivity index (χ3n) is 2.13. The fourth-order valence-corrected chi connectivity index (χ4v) is 2.07. The average molecular weight is 264 g/mol. The van der Waals surface area contributed by atoms with E-state index in [1.807, 2.05) is 6.07 Å². The summed E-state index contributed by atoms with van der Waals surface area (Å²) in [5.41, 5.74) is 6.51. The molecule has 94 valence electrons. The number of benzene rings is 1. The molecule has 0 aliphatic rings. The third-order valence-corrected chi connectivity index (χ3v) is 3.01. The summed E-state index contributed by atoms with van der Waals surface area (Å²) in [5, 5.41) is 7.13. The van der Waals surface area contributed by atoms with E-state index in [0.29, 0.717) is 23.0 Å². The number of H-pyrrole nitrogens is 1. The van der Waals surface area contributed by atoms with E-state index in [9.17, 15) is 4.79 Å². The smallest absolute Gasteiger partial charge is 0.340 e. The lowest BCUT2D eigenvalue weighted by Crippen LogP contribution is -2.07. The Kier molecular flexibility index (Phi) is 3.83. The Labute approximate surface area is 108 Å². The molecular formula is C11H12N4O2S. The molecular weight excluding hydrogens is 252 g/mol. The summed E-state index contributed by atoms with van der Waals surface area (Å²) >= 11 is 1.36. The van der Waals surface area contributed by atoms with Crippen LogP contribution in [0.25, 0.3) is 0 Å². The van der Waals surface area contributed by atoms with Crippen molar-refractivity contribution in [1.82, 2.24) is 15.2 Å². The quantitative estimate of drug-likeness (QED) is 0.645. The van der Waals surface area contributed by atoms with Crippen LogP contribution < -0.4 is 5.73 Å². The molecule has 18 heavy (non-hydrogen) atoms.